The lowest BCUT2D eigenvalue weighted by molar-refractivity contribution is -0.120. The number of amides is 1. The SMILES string of the molecule is CCNC(=O)[C@H](C)Sc1nc2sc(C)c(C)c2c(=O)n1CC. The maximum absolute atomic E-state index is 12.7. The summed E-state index contributed by atoms with van der Waals surface area (Å²) in [5, 5.41) is 3.83. The van der Waals surface area contributed by atoms with Gasteiger partial charge < -0.3 is 5.32 Å². The molecular formula is C15H21N3O2S2. The molecule has 22 heavy (non-hydrogen) atoms. The van der Waals surface area contributed by atoms with Gasteiger partial charge >= 0.3 is 0 Å². The Balaban J connectivity index is 2.50. The molecule has 7 heteroatoms. The number of carbonyl (C=O) groups excluding carboxylic acids is 1. The first-order valence-corrected chi connectivity index (χ1v) is 9.05. The minimum atomic E-state index is -0.288. The number of rotatable bonds is 5. The highest BCUT2D eigenvalue weighted by Gasteiger charge is 2.20. The summed E-state index contributed by atoms with van der Waals surface area (Å²) in [6.45, 7) is 10.7. The van der Waals surface area contributed by atoms with Crippen LogP contribution in [0.15, 0.2) is 9.95 Å². The monoisotopic (exact) mass is 339 g/mol. The third kappa shape index (κ3) is 3.05. The summed E-state index contributed by atoms with van der Waals surface area (Å²) in [5.41, 5.74) is 0.993. The highest BCUT2D eigenvalue weighted by molar-refractivity contribution is 8.00. The minimum Gasteiger partial charge on any atom is -0.355 e. The van der Waals surface area contributed by atoms with Crippen LogP contribution in [0.5, 0.6) is 0 Å². The van der Waals surface area contributed by atoms with Crippen LogP contribution in [-0.4, -0.2) is 27.3 Å². The number of carbonyl (C=O) groups is 1. The molecule has 0 unspecified atom stereocenters. The number of aryl methyl sites for hydroxylation is 2. The van der Waals surface area contributed by atoms with E-state index in [1.54, 1.807) is 4.57 Å². The van der Waals surface area contributed by atoms with Crippen molar-refractivity contribution in [3.8, 4) is 0 Å². The third-order valence-electron chi connectivity index (χ3n) is 3.57. The molecule has 2 rings (SSSR count). The summed E-state index contributed by atoms with van der Waals surface area (Å²) in [6.07, 6.45) is 0. The van der Waals surface area contributed by atoms with Gasteiger partial charge in [0.05, 0.1) is 10.6 Å². The van der Waals surface area contributed by atoms with Gasteiger partial charge in [-0.2, -0.15) is 0 Å². The van der Waals surface area contributed by atoms with Crippen LogP contribution in [0.4, 0.5) is 0 Å². The van der Waals surface area contributed by atoms with Crippen LogP contribution >= 0.6 is 23.1 Å². The van der Waals surface area contributed by atoms with Gasteiger partial charge in [-0.15, -0.1) is 11.3 Å². The van der Waals surface area contributed by atoms with Crippen molar-refractivity contribution in [2.75, 3.05) is 6.54 Å². The number of aromatic nitrogens is 2. The number of hydrogen-bond donors (Lipinski definition) is 1. The second-order valence-electron chi connectivity index (χ2n) is 5.06. The molecule has 0 aliphatic rings. The number of nitrogens with one attached hydrogen (secondary N) is 1. The van der Waals surface area contributed by atoms with Gasteiger partial charge in [0.1, 0.15) is 4.83 Å². The molecule has 0 aliphatic carbocycles. The zero-order chi connectivity index (χ0) is 16.4. The molecule has 0 aliphatic heterocycles. The minimum absolute atomic E-state index is 0.0139. The molecule has 0 saturated carbocycles. The summed E-state index contributed by atoms with van der Waals surface area (Å²) in [4.78, 5) is 31.1. The predicted molar refractivity (Wildman–Crippen MR) is 93.0 cm³/mol. The predicted octanol–water partition coefficient (Wildman–Crippen LogP) is 2.71. The van der Waals surface area contributed by atoms with Gasteiger partial charge in [-0.1, -0.05) is 11.8 Å². The molecule has 1 N–H and O–H groups in total. The van der Waals surface area contributed by atoms with E-state index in [4.69, 9.17) is 0 Å². The van der Waals surface area contributed by atoms with Crippen molar-refractivity contribution < 1.29 is 4.79 Å². The van der Waals surface area contributed by atoms with E-state index >= 15 is 0 Å². The first-order chi connectivity index (χ1) is 10.4. The zero-order valence-electron chi connectivity index (χ0n) is 13.5. The lowest BCUT2D eigenvalue weighted by atomic mass is 10.2. The molecule has 0 radical (unpaired) electrons. The van der Waals surface area contributed by atoms with E-state index in [9.17, 15) is 9.59 Å². The summed E-state index contributed by atoms with van der Waals surface area (Å²) in [6, 6.07) is 0. The topological polar surface area (TPSA) is 64.0 Å². The van der Waals surface area contributed by atoms with Gasteiger partial charge in [0.15, 0.2) is 5.16 Å². The average molecular weight is 339 g/mol. The van der Waals surface area contributed by atoms with Gasteiger partial charge in [0.2, 0.25) is 5.91 Å². The zero-order valence-corrected chi connectivity index (χ0v) is 15.2. The Morgan fingerprint density at radius 1 is 1.41 bits per heavy atom. The van der Waals surface area contributed by atoms with E-state index < -0.39 is 0 Å². The van der Waals surface area contributed by atoms with Crippen molar-refractivity contribution in [3.05, 3.63) is 20.8 Å². The lowest BCUT2D eigenvalue weighted by Gasteiger charge is -2.14. The second kappa shape index (κ2) is 6.83. The van der Waals surface area contributed by atoms with Crippen LogP contribution < -0.4 is 10.9 Å². The van der Waals surface area contributed by atoms with E-state index in [0.29, 0.717) is 23.6 Å². The molecule has 0 aromatic carbocycles. The average Bonchev–Trinajstić information content (AvgIpc) is 2.74. The first kappa shape index (κ1) is 17.0. The van der Waals surface area contributed by atoms with Crippen molar-refractivity contribution in [1.82, 2.24) is 14.9 Å². The van der Waals surface area contributed by atoms with Crippen molar-refractivity contribution in [2.45, 2.75) is 51.6 Å². The van der Waals surface area contributed by atoms with Gasteiger partial charge in [-0.3, -0.25) is 14.2 Å². The van der Waals surface area contributed by atoms with Gasteiger partial charge in [-0.05, 0) is 40.2 Å². The molecule has 1 atom stereocenters. The Kier molecular flexibility index (Phi) is 5.28. The Morgan fingerprint density at radius 3 is 2.68 bits per heavy atom. The Labute approximate surface area is 138 Å². The summed E-state index contributed by atoms with van der Waals surface area (Å²) in [7, 11) is 0. The fourth-order valence-corrected chi connectivity index (χ4v) is 4.27. The Hall–Kier alpha value is -1.34. The molecule has 2 heterocycles. The lowest BCUT2D eigenvalue weighted by Crippen LogP contribution is -2.31. The van der Waals surface area contributed by atoms with E-state index in [2.05, 4.69) is 10.3 Å². The maximum Gasteiger partial charge on any atom is 0.263 e. The second-order valence-corrected chi connectivity index (χ2v) is 7.57. The molecular weight excluding hydrogens is 318 g/mol. The van der Waals surface area contributed by atoms with Crippen molar-refractivity contribution in [2.24, 2.45) is 0 Å². The van der Waals surface area contributed by atoms with Crippen LogP contribution in [-0.2, 0) is 11.3 Å². The Morgan fingerprint density at radius 2 is 2.09 bits per heavy atom. The van der Waals surface area contributed by atoms with E-state index in [-0.39, 0.29) is 16.7 Å². The van der Waals surface area contributed by atoms with Crippen molar-refractivity contribution in [3.63, 3.8) is 0 Å². The van der Waals surface area contributed by atoms with E-state index in [0.717, 1.165) is 15.3 Å². The van der Waals surface area contributed by atoms with E-state index in [1.807, 2.05) is 34.6 Å². The number of hydrogen-bond acceptors (Lipinski definition) is 5. The summed E-state index contributed by atoms with van der Waals surface area (Å²) >= 11 is 2.87. The number of nitrogens with zero attached hydrogens (tertiary/aromatic N) is 2. The Bertz CT molecular complexity index is 764. The molecule has 0 fully saturated rings. The molecule has 5 nitrogen and oxygen atoms in total. The molecule has 0 saturated heterocycles. The molecule has 120 valence electrons. The highest BCUT2D eigenvalue weighted by atomic mass is 32.2. The number of thiophene rings is 1. The maximum atomic E-state index is 12.7. The first-order valence-electron chi connectivity index (χ1n) is 7.35. The van der Waals surface area contributed by atoms with Gasteiger partial charge in [0, 0.05) is 18.0 Å². The smallest absolute Gasteiger partial charge is 0.263 e. The standard InChI is InChI=1S/C15H21N3O2S2/c1-6-16-12(19)10(5)22-15-17-13-11(8(3)9(4)21-13)14(20)18(15)7-2/h10H,6-7H2,1-5H3,(H,16,19)/t10-/m0/s1. The molecule has 1 amide bonds. The van der Waals surface area contributed by atoms with Gasteiger partial charge in [0.25, 0.3) is 5.56 Å². The van der Waals surface area contributed by atoms with Crippen LogP contribution in [0, 0.1) is 13.8 Å². The quantitative estimate of drug-likeness (QED) is 0.672. The number of thioether (sulfide) groups is 1. The van der Waals surface area contributed by atoms with Crippen LogP contribution in [0.2, 0.25) is 0 Å². The summed E-state index contributed by atoms with van der Waals surface area (Å²) in [5.74, 6) is -0.0389. The van der Waals surface area contributed by atoms with Gasteiger partial charge in [-0.25, -0.2) is 4.98 Å². The van der Waals surface area contributed by atoms with Crippen LogP contribution in [0.25, 0.3) is 10.2 Å². The van der Waals surface area contributed by atoms with Crippen molar-refractivity contribution >= 4 is 39.2 Å². The normalized spacial score (nSPS) is 12.6. The fraction of sp³-hybridized carbons (Fsp3) is 0.533. The highest BCUT2D eigenvalue weighted by Crippen LogP contribution is 2.29. The molecule has 2 aromatic rings. The summed E-state index contributed by atoms with van der Waals surface area (Å²) < 4.78 is 1.65. The molecule has 2 aromatic heterocycles. The van der Waals surface area contributed by atoms with Crippen LogP contribution in [0.3, 0.4) is 0 Å². The molecule has 0 bridgehead atoms. The van der Waals surface area contributed by atoms with E-state index in [1.165, 1.54) is 23.1 Å². The van der Waals surface area contributed by atoms with Crippen molar-refractivity contribution in [1.29, 1.82) is 0 Å². The molecule has 0 spiro atoms. The van der Waals surface area contributed by atoms with Crippen LogP contribution in [0.1, 0.15) is 31.2 Å². The fourth-order valence-electron chi connectivity index (χ4n) is 2.21. The third-order valence-corrected chi connectivity index (χ3v) is 5.76. The largest absolute Gasteiger partial charge is 0.355 e. The number of fused-ring (bicyclic) bond motifs is 1.